The van der Waals surface area contributed by atoms with E-state index in [2.05, 4.69) is 180 Å². The fraction of sp³-hybridized carbons (Fsp3) is 0.0196. The van der Waals surface area contributed by atoms with Gasteiger partial charge in [0.1, 0.15) is 12.0 Å². The third kappa shape index (κ3) is 5.18. The van der Waals surface area contributed by atoms with Crippen LogP contribution in [0.3, 0.4) is 0 Å². The van der Waals surface area contributed by atoms with Crippen LogP contribution in [0.15, 0.2) is 192 Å². The van der Waals surface area contributed by atoms with Crippen molar-refractivity contribution in [3.05, 3.63) is 199 Å². The largest absolute Gasteiger partial charge is 0.344 e. The zero-order valence-electron chi connectivity index (χ0n) is 30.6. The van der Waals surface area contributed by atoms with Crippen LogP contribution < -0.4 is 5.32 Å². The molecule has 1 unspecified atom stereocenters. The van der Waals surface area contributed by atoms with E-state index in [1.165, 1.54) is 79.0 Å². The summed E-state index contributed by atoms with van der Waals surface area (Å²) in [5.41, 5.74) is 9.23. The van der Waals surface area contributed by atoms with Crippen LogP contribution in [0.5, 0.6) is 0 Å². The predicted octanol–water partition coefficient (Wildman–Crippen LogP) is 13.7. The molecule has 0 saturated heterocycles. The Balaban J connectivity index is 1.04. The van der Waals surface area contributed by atoms with Gasteiger partial charge in [-0.15, -0.1) is 22.7 Å². The number of aliphatic imine (C=N–C) groups is 2. The predicted molar refractivity (Wildman–Crippen MR) is 244 cm³/mol. The second-order valence-corrected chi connectivity index (χ2v) is 16.7. The van der Waals surface area contributed by atoms with Crippen molar-refractivity contribution >= 4 is 96.5 Å². The number of nitrogens with zero attached hydrogens (tertiary/aromatic N) is 3. The lowest BCUT2D eigenvalue weighted by Gasteiger charge is -2.23. The van der Waals surface area contributed by atoms with E-state index in [1.54, 1.807) is 0 Å². The second kappa shape index (κ2) is 12.8. The molecule has 4 nitrogen and oxygen atoms in total. The summed E-state index contributed by atoms with van der Waals surface area (Å²) >= 11 is 3.71. The molecule has 1 aliphatic rings. The topological polar surface area (TPSA) is 41.7 Å². The molecule has 4 heterocycles. The van der Waals surface area contributed by atoms with Crippen LogP contribution in [-0.4, -0.2) is 16.2 Å². The molecule has 0 saturated carbocycles. The lowest BCUT2D eigenvalue weighted by atomic mass is 9.97. The Hall–Kier alpha value is -6.86. The first kappa shape index (κ1) is 32.4. The summed E-state index contributed by atoms with van der Waals surface area (Å²) in [6.07, 6.45) is -0.251. The van der Waals surface area contributed by atoms with E-state index in [1.807, 2.05) is 34.8 Å². The van der Waals surface area contributed by atoms with Gasteiger partial charge in [0, 0.05) is 62.2 Å². The average Bonchev–Trinajstić information content (AvgIpc) is 3.96. The highest BCUT2D eigenvalue weighted by Crippen LogP contribution is 2.45. The summed E-state index contributed by atoms with van der Waals surface area (Å²) in [6, 6.07) is 65.5. The molecule has 6 heteroatoms. The molecule has 0 aliphatic carbocycles. The number of fused-ring (bicyclic) bond motifs is 9. The first-order chi connectivity index (χ1) is 28.2. The highest BCUT2D eigenvalue weighted by molar-refractivity contribution is 7.26. The number of benzene rings is 8. The Bertz CT molecular complexity index is 3390. The van der Waals surface area contributed by atoms with Crippen LogP contribution in [-0.2, 0) is 0 Å². The molecule has 11 aromatic rings. The smallest absolute Gasteiger partial charge is 0.159 e. The van der Waals surface area contributed by atoms with Gasteiger partial charge >= 0.3 is 0 Å². The normalized spacial score (nSPS) is 14.5. The molecule has 57 heavy (non-hydrogen) atoms. The number of hydrogen-bond acceptors (Lipinski definition) is 5. The van der Waals surface area contributed by atoms with Crippen molar-refractivity contribution in [3.8, 4) is 16.8 Å². The molecule has 3 aromatic heterocycles. The maximum Gasteiger partial charge on any atom is 0.159 e. The Morgan fingerprint density at radius 1 is 0.456 bits per heavy atom. The molecule has 1 atom stereocenters. The number of nitrogens with one attached hydrogen (secondary N) is 1. The standard InChI is InChI=1S/C51H32N4S2/c1-3-13-31(14-4-1)49-52-50(32-15-5-2-6-16-32)54-51(53-49)34-26-28-43-38(30-34)47-35(19-11-23-45(47)56-43)33-25-27-44-39(29-33)48-42(22-12-24-46(48)57-44)55-40-20-9-7-17-36(40)37-18-8-10-21-41(37)55/h1-30,49H,(H,52,53,54). The number of amidine groups is 2. The molecule has 268 valence electrons. The van der Waals surface area contributed by atoms with Crippen LogP contribution in [0, 0.1) is 0 Å². The van der Waals surface area contributed by atoms with Crippen LogP contribution in [0.4, 0.5) is 0 Å². The van der Waals surface area contributed by atoms with E-state index in [4.69, 9.17) is 9.98 Å². The minimum atomic E-state index is -0.251. The average molecular weight is 765 g/mol. The minimum Gasteiger partial charge on any atom is -0.344 e. The molecule has 0 radical (unpaired) electrons. The third-order valence-electron chi connectivity index (χ3n) is 11.3. The molecule has 0 amide bonds. The third-order valence-corrected chi connectivity index (χ3v) is 13.5. The highest BCUT2D eigenvalue weighted by atomic mass is 32.1. The van der Waals surface area contributed by atoms with Crippen LogP contribution >= 0.6 is 22.7 Å². The molecule has 0 fully saturated rings. The van der Waals surface area contributed by atoms with Gasteiger partial charge in [-0.2, -0.15) is 0 Å². The van der Waals surface area contributed by atoms with Gasteiger partial charge in [0.05, 0.1) is 16.7 Å². The van der Waals surface area contributed by atoms with Crippen molar-refractivity contribution in [3.63, 3.8) is 0 Å². The fourth-order valence-electron chi connectivity index (χ4n) is 8.68. The van der Waals surface area contributed by atoms with Crippen molar-refractivity contribution in [2.75, 3.05) is 0 Å². The molecule has 0 spiro atoms. The highest BCUT2D eigenvalue weighted by Gasteiger charge is 2.22. The number of para-hydroxylation sites is 2. The maximum absolute atomic E-state index is 5.19. The minimum absolute atomic E-state index is 0.251. The monoisotopic (exact) mass is 764 g/mol. The van der Waals surface area contributed by atoms with Gasteiger partial charge in [0.2, 0.25) is 0 Å². The van der Waals surface area contributed by atoms with Crippen LogP contribution in [0.2, 0.25) is 0 Å². The van der Waals surface area contributed by atoms with Crippen molar-refractivity contribution in [1.29, 1.82) is 0 Å². The Labute approximate surface area is 336 Å². The molecule has 1 aliphatic heterocycles. The van der Waals surface area contributed by atoms with E-state index in [-0.39, 0.29) is 6.17 Å². The van der Waals surface area contributed by atoms with Gasteiger partial charge in [-0.05, 0) is 77.4 Å². The molecule has 12 rings (SSSR count). The summed E-state index contributed by atoms with van der Waals surface area (Å²) in [5, 5.41) is 11.2. The van der Waals surface area contributed by atoms with Crippen molar-refractivity contribution in [2.45, 2.75) is 6.17 Å². The second-order valence-electron chi connectivity index (χ2n) is 14.6. The van der Waals surface area contributed by atoms with E-state index in [0.29, 0.717) is 0 Å². The number of aromatic nitrogens is 1. The summed E-state index contributed by atoms with van der Waals surface area (Å²) in [7, 11) is 0. The van der Waals surface area contributed by atoms with Gasteiger partial charge in [-0.1, -0.05) is 121 Å². The Morgan fingerprint density at radius 2 is 1.05 bits per heavy atom. The Morgan fingerprint density at radius 3 is 1.79 bits per heavy atom. The lowest BCUT2D eigenvalue weighted by molar-refractivity contribution is 0.674. The van der Waals surface area contributed by atoms with Gasteiger partial charge in [-0.3, -0.25) is 0 Å². The van der Waals surface area contributed by atoms with Crippen molar-refractivity contribution in [1.82, 2.24) is 9.88 Å². The maximum atomic E-state index is 5.19. The first-order valence-electron chi connectivity index (χ1n) is 19.2. The van der Waals surface area contributed by atoms with Gasteiger partial charge in [-0.25, -0.2) is 9.98 Å². The zero-order chi connectivity index (χ0) is 37.5. The van der Waals surface area contributed by atoms with Crippen LogP contribution in [0.25, 0.3) is 79.0 Å². The molecular formula is C51H32N4S2. The zero-order valence-corrected chi connectivity index (χ0v) is 32.2. The van der Waals surface area contributed by atoms with E-state index in [9.17, 15) is 0 Å². The van der Waals surface area contributed by atoms with E-state index >= 15 is 0 Å². The fourth-order valence-corrected chi connectivity index (χ4v) is 10.9. The summed E-state index contributed by atoms with van der Waals surface area (Å²) in [6.45, 7) is 0. The molecule has 8 aromatic carbocycles. The molecule has 0 bridgehead atoms. The number of hydrogen-bond donors (Lipinski definition) is 1. The van der Waals surface area contributed by atoms with E-state index < -0.39 is 0 Å². The van der Waals surface area contributed by atoms with Crippen LogP contribution in [0.1, 0.15) is 22.9 Å². The first-order valence-corrected chi connectivity index (χ1v) is 20.8. The van der Waals surface area contributed by atoms with Crippen molar-refractivity contribution < 1.29 is 0 Å². The summed E-state index contributed by atoms with van der Waals surface area (Å²) in [5.74, 6) is 1.55. The quantitative estimate of drug-likeness (QED) is 0.186. The summed E-state index contributed by atoms with van der Waals surface area (Å²) in [4.78, 5) is 10.3. The SMILES string of the molecule is c1ccc(C2=NC(c3ccc4sc5cccc(-c6ccc7sc8cccc(-n9c%10ccccc%10c%10ccccc%109)c8c7c6)c5c4c3)=NC(c3ccccc3)N2)cc1. The van der Waals surface area contributed by atoms with Crippen molar-refractivity contribution in [2.24, 2.45) is 9.98 Å². The Kier molecular flexibility index (Phi) is 7.30. The van der Waals surface area contributed by atoms with Gasteiger partial charge in [0.15, 0.2) is 5.84 Å². The lowest BCUT2D eigenvalue weighted by Crippen LogP contribution is -2.33. The summed E-state index contributed by atoms with van der Waals surface area (Å²) < 4.78 is 7.55. The molecular weight excluding hydrogens is 733 g/mol. The molecule has 1 N–H and O–H groups in total. The number of thiophene rings is 2. The van der Waals surface area contributed by atoms with Gasteiger partial charge < -0.3 is 9.88 Å². The van der Waals surface area contributed by atoms with E-state index in [0.717, 1.165) is 28.4 Å². The van der Waals surface area contributed by atoms with Gasteiger partial charge in [0.25, 0.3) is 0 Å². The number of rotatable bonds is 5.